The topological polar surface area (TPSA) is 66.8 Å². The van der Waals surface area contributed by atoms with Gasteiger partial charge >= 0.3 is 0 Å². The van der Waals surface area contributed by atoms with E-state index >= 15 is 0 Å². The van der Waals surface area contributed by atoms with E-state index in [1.54, 1.807) is 12.0 Å². The van der Waals surface area contributed by atoms with Gasteiger partial charge in [-0.05, 0) is 74.0 Å². The van der Waals surface area contributed by atoms with Crippen molar-refractivity contribution in [1.82, 2.24) is 19.7 Å². The summed E-state index contributed by atoms with van der Waals surface area (Å²) in [5.74, 6) is 1.88. The zero-order valence-electron chi connectivity index (χ0n) is 23.4. The zero-order chi connectivity index (χ0) is 27.7. The molecule has 3 atom stereocenters. The number of halogens is 1. The Kier molecular flexibility index (Phi) is 8.06. The van der Waals surface area contributed by atoms with Crippen LogP contribution in [0.15, 0.2) is 53.0 Å². The molecule has 5 rings (SSSR count). The minimum atomic E-state index is -1.06. The van der Waals surface area contributed by atoms with Gasteiger partial charge in [-0.25, -0.2) is 0 Å². The number of methoxy groups -OCH3 is 1. The number of piperidine rings is 1. The molecule has 7 nitrogen and oxygen atoms in total. The second kappa shape index (κ2) is 11.3. The van der Waals surface area contributed by atoms with Gasteiger partial charge in [0.2, 0.25) is 5.91 Å². The van der Waals surface area contributed by atoms with Crippen molar-refractivity contribution in [3.05, 3.63) is 64.3 Å². The van der Waals surface area contributed by atoms with E-state index in [4.69, 9.17) is 4.74 Å². The van der Waals surface area contributed by atoms with E-state index in [0.29, 0.717) is 37.2 Å². The highest BCUT2D eigenvalue weighted by Gasteiger charge is 2.47. The van der Waals surface area contributed by atoms with Crippen LogP contribution < -0.4 is 10.1 Å². The number of nitrogens with one attached hydrogen (secondary N) is 1. The molecule has 0 radical (unpaired) electrons. The Morgan fingerprint density at radius 3 is 2.62 bits per heavy atom. The summed E-state index contributed by atoms with van der Waals surface area (Å²) in [7, 11) is 1.63. The molecule has 2 amide bonds. The van der Waals surface area contributed by atoms with Crippen molar-refractivity contribution in [3.63, 3.8) is 0 Å². The average molecular weight is 596 g/mol. The standard InChI is InChI=1S/C31H39BrN4O3/c1-21-13-22(2)18-34(17-21)12-6-11-33-30(38)31(3)20-35-27-16-26(39-4)10-9-24(27)15-28(35)29(37)36(31)19-23-7-5-8-25(32)14-23/h5,7-10,14-16,21-22H,6,11-13,17-20H2,1-4H3,(H,33,38). The lowest BCUT2D eigenvalue weighted by atomic mass is 9.92. The quantitative estimate of drug-likeness (QED) is 0.359. The Morgan fingerprint density at radius 2 is 1.90 bits per heavy atom. The third kappa shape index (κ3) is 5.73. The Labute approximate surface area is 239 Å². The van der Waals surface area contributed by atoms with E-state index in [2.05, 4.69) is 40.0 Å². The highest BCUT2D eigenvalue weighted by molar-refractivity contribution is 9.10. The average Bonchev–Trinajstić information content (AvgIpc) is 3.26. The second-order valence-corrected chi connectivity index (χ2v) is 12.6. The number of carbonyl (C=O) groups is 2. The largest absolute Gasteiger partial charge is 0.497 e. The third-order valence-electron chi connectivity index (χ3n) is 8.24. The SMILES string of the molecule is COc1ccc2cc3n(c2c1)CC(C)(C(=O)NCCCN1CC(C)CC(C)C1)N(Cc1cccc(Br)c1)C3=O. The number of benzene rings is 2. The van der Waals surface area contributed by atoms with E-state index < -0.39 is 5.54 Å². The molecule has 0 saturated carbocycles. The van der Waals surface area contributed by atoms with Crippen LogP contribution in [-0.4, -0.2) is 65.0 Å². The monoisotopic (exact) mass is 594 g/mol. The Morgan fingerprint density at radius 1 is 1.13 bits per heavy atom. The number of rotatable bonds is 8. The number of hydrogen-bond donors (Lipinski definition) is 1. The van der Waals surface area contributed by atoms with Crippen molar-refractivity contribution in [2.75, 3.05) is 33.3 Å². The summed E-state index contributed by atoms with van der Waals surface area (Å²) in [6, 6.07) is 15.6. The fraction of sp³-hybridized carbons (Fsp3) is 0.484. The van der Waals surface area contributed by atoms with E-state index in [1.165, 1.54) is 6.42 Å². The molecule has 3 heterocycles. The molecule has 39 heavy (non-hydrogen) atoms. The number of likely N-dealkylation sites (tertiary alicyclic amines) is 1. The van der Waals surface area contributed by atoms with Crippen LogP contribution >= 0.6 is 15.9 Å². The lowest BCUT2D eigenvalue weighted by molar-refractivity contribution is -0.133. The molecule has 0 spiro atoms. The molecule has 2 aliphatic heterocycles. The number of nitrogens with zero attached hydrogens (tertiary/aromatic N) is 3. The zero-order valence-corrected chi connectivity index (χ0v) is 25.0. The van der Waals surface area contributed by atoms with Crippen LogP contribution in [0.5, 0.6) is 5.75 Å². The molecule has 8 heteroatoms. The van der Waals surface area contributed by atoms with Gasteiger partial charge in [0.05, 0.1) is 19.2 Å². The lowest BCUT2D eigenvalue weighted by Gasteiger charge is -2.44. The van der Waals surface area contributed by atoms with Gasteiger partial charge in [-0.3, -0.25) is 9.59 Å². The summed E-state index contributed by atoms with van der Waals surface area (Å²) < 4.78 is 8.38. The Balaban J connectivity index is 1.39. The van der Waals surface area contributed by atoms with E-state index in [-0.39, 0.29) is 11.8 Å². The van der Waals surface area contributed by atoms with Crippen LogP contribution in [0.1, 0.15) is 49.7 Å². The van der Waals surface area contributed by atoms with Gasteiger partial charge in [0.1, 0.15) is 17.0 Å². The summed E-state index contributed by atoms with van der Waals surface area (Å²) in [6.45, 7) is 11.0. The van der Waals surface area contributed by atoms with Gasteiger partial charge in [-0.1, -0.05) is 41.9 Å². The number of ether oxygens (including phenoxy) is 1. The van der Waals surface area contributed by atoms with Crippen molar-refractivity contribution >= 4 is 38.6 Å². The number of fused-ring (bicyclic) bond motifs is 3. The minimum Gasteiger partial charge on any atom is -0.497 e. The van der Waals surface area contributed by atoms with E-state index in [1.807, 2.05) is 60.0 Å². The molecule has 1 fully saturated rings. The first-order chi connectivity index (χ1) is 18.7. The lowest BCUT2D eigenvalue weighted by Crippen LogP contribution is -2.63. The number of aromatic nitrogens is 1. The Bertz CT molecular complexity index is 1360. The number of carbonyl (C=O) groups excluding carboxylic acids is 2. The van der Waals surface area contributed by atoms with Gasteiger partial charge < -0.3 is 24.4 Å². The predicted molar refractivity (Wildman–Crippen MR) is 158 cm³/mol. The molecule has 3 aromatic rings. The number of hydrogen-bond acceptors (Lipinski definition) is 4. The Hall–Kier alpha value is -2.84. The van der Waals surface area contributed by atoms with Crippen LogP contribution in [0.4, 0.5) is 0 Å². The highest BCUT2D eigenvalue weighted by Crippen LogP contribution is 2.35. The maximum absolute atomic E-state index is 14.0. The van der Waals surface area contributed by atoms with Gasteiger partial charge in [0, 0.05) is 42.1 Å². The van der Waals surface area contributed by atoms with Gasteiger partial charge in [-0.2, -0.15) is 0 Å². The first-order valence-corrected chi connectivity index (χ1v) is 14.7. The summed E-state index contributed by atoms with van der Waals surface area (Å²) in [5.41, 5.74) is 1.39. The molecule has 1 N–H and O–H groups in total. The molecule has 0 bridgehead atoms. The predicted octanol–water partition coefficient (Wildman–Crippen LogP) is 5.31. The van der Waals surface area contributed by atoms with Crippen molar-refractivity contribution in [2.24, 2.45) is 11.8 Å². The first kappa shape index (κ1) is 27.7. The third-order valence-corrected chi connectivity index (χ3v) is 8.73. The second-order valence-electron chi connectivity index (χ2n) is 11.7. The van der Waals surface area contributed by atoms with Crippen LogP contribution in [0, 0.1) is 11.8 Å². The van der Waals surface area contributed by atoms with Gasteiger partial charge in [-0.15, -0.1) is 0 Å². The van der Waals surface area contributed by atoms with Crippen molar-refractivity contribution in [2.45, 2.75) is 52.2 Å². The maximum Gasteiger partial charge on any atom is 0.271 e. The molecule has 1 aromatic heterocycles. The van der Waals surface area contributed by atoms with Gasteiger partial charge in [0.25, 0.3) is 5.91 Å². The molecule has 1 saturated heterocycles. The van der Waals surface area contributed by atoms with Crippen LogP contribution in [-0.2, 0) is 17.9 Å². The van der Waals surface area contributed by atoms with Crippen LogP contribution in [0.2, 0.25) is 0 Å². The molecule has 2 aliphatic rings. The molecule has 208 valence electrons. The van der Waals surface area contributed by atoms with Crippen molar-refractivity contribution in [1.29, 1.82) is 0 Å². The molecular formula is C31H39BrN4O3. The number of amides is 2. The minimum absolute atomic E-state index is 0.123. The molecule has 2 aromatic carbocycles. The maximum atomic E-state index is 14.0. The van der Waals surface area contributed by atoms with Crippen LogP contribution in [0.3, 0.4) is 0 Å². The molecular weight excluding hydrogens is 556 g/mol. The first-order valence-electron chi connectivity index (χ1n) is 13.9. The summed E-state index contributed by atoms with van der Waals surface area (Å²) >= 11 is 3.54. The fourth-order valence-corrected chi connectivity index (χ4v) is 6.84. The van der Waals surface area contributed by atoms with E-state index in [0.717, 1.165) is 52.7 Å². The fourth-order valence-electron chi connectivity index (χ4n) is 6.39. The van der Waals surface area contributed by atoms with Gasteiger partial charge in [0.15, 0.2) is 0 Å². The molecule has 3 unspecified atom stereocenters. The smallest absolute Gasteiger partial charge is 0.271 e. The van der Waals surface area contributed by atoms with Crippen LogP contribution in [0.25, 0.3) is 10.9 Å². The van der Waals surface area contributed by atoms with E-state index in [9.17, 15) is 9.59 Å². The van der Waals surface area contributed by atoms with Crippen molar-refractivity contribution < 1.29 is 14.3 Å². The summed E-state index contributed by atoms with van der Waals surface area (Å²) in [5, 5.41) is 4.14. The highest BCUT2D eigenvalue weighted by atomic mass is 79.9. The normalized spacial score (nSPS) is 23.6. The molecule has 0 aliphatic carbocycles. The summed E-state index contributed by atoms with van der Waals surface area (Å²) in [6.07, 6.45) is 2.17. The van der Waals surface area contributed by atoms with Crippen molar-refractivity contribution in [3.8, 4) is 5.75 Å². The summed E-state index contributed by atoms with van der Waals surface area (Å²) in [4.78, 5) is 32.2.